The van der Waals surface area contributed by atoms with E-state index in [2.05, 4.69) is 5.32 Å². The van der Waals surface area contributed by atoms with Crippen molar-refractivity contribution in [3.05, 3.63) is 34.9 Å². The number of nitrogens with zero attached hydrogens (tertiary/aromatic N) is 1. The molecule has 1 heterocycles. The summed E-state index contributed by atoms with van der Waals surface area (Å²) in [5, 5.41) is 2.66. The van der Waals surface area contributed by atoms with Crippen LogP contribution in [0.25, 0.3) is 0 Å². The molecule has 0 unspecified atom stereocenters. The third-order valence-corrected chi connectivity index (χ3v) is 3.89. The number of benzene rings is 1. The number of hydrogen-bond acceptors (Lipinski definition) is 3. The molecule has 0 aliphatic carbocycles. The second kappa shape index (κ2) is 6.52. The summed E-state index contributed by atoms with van der Waals surface area (Å²) in [5.74, 6) is -0.454. The summed E-state index contributed by atoms with van der Waals surface area (Å²) in [6.45, 7) is 4.25. The van der Waals surface area contributed by atoms with Gasteiger partial charge in [0.15, 0.2) is 0 Å². The first-order valence-electron chi connectivity index (χ1n) is 7.13. The van der Waals surface area contributed by atoms with E-state index in [1.165, 1.54) is 4.90 Å². The predicted molar refractivity (Wildman–Crippen MR) is 79.0 cm³/mol. The van der Waals surface area contributed by atoms with Gasteiger partial charge in [0.05, 0.1) is 12.6 Å². The quantitative estimate of drug-likeness (QED) is 0.847. The fourth-order valence-corrected chi connectivity index (χ4v) is 2.76. The molecule has 1 atom stereocenters. The first-order chi connectivity index (χ1) is 10.0. The van der Waals surface area contributed by atoms with Crippen molar-refractivity contribution in [1.29, 1.82) is 0 Å². The highest BCUT2D eigenvalue weighted by atomic mass is 16.2. The number of likely N-dealkylation sites (tertiary alicyclic amines) is 1. The fraction of sp³-hybridized carbons (Fsp3) is 0.438. The van der Waals surface area contributed by atoms with Crippen molar-refractivity contribution in [2.45, 2.75) is 32.7 Å². The van der Waals surface area contributed by atoms with Gasteiger partial charge in [-0.1, -0.05) is 18.2 Å². The maximum absolute atomic E-state index is 12.2. The third kappa shape index (κ3) is 3.29. The van der Waals surface area contributed by atoms with Crippen LogP contribution in [0.1, 0.15) is 34.3 Å². The van der Waals surface area contributed by atoms with Crippen LogP contribution < -0.4 is 5.32 Å². The number of aryl methyl sites for hydroxylation is 2. The molecule has 0 aromatic heterocycles. The molecule has 1 aromatic rings. The van der Waals surface area contributed by atoms with Crippen LogP contribution in [-0.2, 0) is 9.59 Å². The molecule has 1 saturated heterocycles. The molecule has 1 aliphatic heterocycles. The van der Waals surface area contributed by atoms with E-state index in [-0.39, 0.29) is 24.4 Å². The van der Waals surface area contributed by atoms with Crippen molar-refractivity contribution in [3.63, 3.8) is 0 Å². The minimum Gasteiger partial charge on any atom is -0.343 e. The molecule has 112 valence electrons. The van der Waals surface area contributed by atoms with E-state index in [0.717, 1.165) is 23.8 Å². The van der Waals surface area contributed by atoms with Crippen molar-refractivity contribution in [3.8, 4) is 0 Å². The first kappa shape index (κ1) is 15.2. The molecule has 1 N–H and O–H groups in total. The lowest BCUT2D eigenvalue weighted by atomic mass is 10.0. The van der Waals surface area contributed by atoms with Gasteiger partial charge in [-0.3, -0.25) is 9.59 Å². The molecule has 1 aliphatic rings. The second-order valence-corrected chi connectivity index (χ2v) is 5.38. The Morgan fingerprint density at radius 1 is 1.33 bits per heavy atom. The van der Waals surface area contributed by atoms with Crippen LogP contribution in [0.15, 0.2) is 18.2 Å². The molecule has 0 spiro atoms. The number of hydrogen-bond donors (Lipinski definition) is 1. The Morgan fingerprint density at radius 2 is 2.00 bits per heavy atom. The van der Waals surface area contributed by atoms with Crippen LogP contribution in [0.5, 0.6) is 0 Å². The molecular formula is C16H20N2O3. The molecule has 2 amide bonds. The second-order valence-electron chi connectivity index (χ2n) is 5.38. The topological polar surface area (TPSA) is 66.5 Å². The van der Waals surface area contributed by atoms with E-state index >= 15 is 0 Å². The zero-order chi connectivity index (χ0) is 15.4. The Kier molecular flexibility index (Phi) is 4.73. The van der Waals surface area contributed by atoms with Crippen LogP contribution in [0, 0.1) is 13.8 Å². The Balaban J connectivity index is 1.98. The monoisotopic (exact) mass is 288 g/mol. The van der Waals surface area contributed by atoms with Gasteiger partial charge >= 0.3 is 0 Å². The van der Waals surface area contributed by atoms with Gasteiger partial charge in [-0.15, -0.1) is 0 Å². The van der Waals surface area contributed by atoms with Gasteiger partial charge < -0.3 is 15.0 Å². The third-order valence-electron chi connectivity index (χ3n) is 3.89. The Hall–Kier alpha value is -2.17. The molecule has 5 heteroatoms. The summed E-state index contributed by atoms with van der Waals surface area (Å²) >= 11 is 0. The van der Waals surface area contributed by atoms with Crippen molar-refractivity contribution in [1.82, 2.24) is 10.2 Å². The van der Waals surface area contributed by atoms with E-state index in [1.54, 1.807) is 0 Å². The van der Waals surface area contributed by atoms with Gasteiger partial charge in [-0.25, -0.2) is 0 Å². The number of rotatable bonds is 4. The van der Waals surface area contributed by atoms with Crippen LogP contribution >= 0.6 is 0 Å². The molecular weight excluding hydrogens is 268 g/mol. The smallest absolute Gasteiger partial charge is 0.252 e. The highest BCUT2D eigenvalue weighted by molar-refractivity contribution is 5.99. The van der Waals surface area contributed by atoms with Gasteiger partial charge in [0, 0.05) is 12.1 Å². The summed E-state index contributed by atoms with van der Waals surface area (Å²) in [5.41, 5.74) is 2.37. The molecule has 5 nitrogen and oxygen atoms in total. The van der Waals surface area contributed by atoms with Gasteiger partial charge in [-0.05, 0) is 37.8 Å². The lowest BCUT2D eigenvalue weighted by Gasteiger charge is -2.20. The lowest BCUT2D eigenvalue weighted by Crippen LogP contribution is -2.43. The fourth-order valence-electron chi connectivity index (χ4n) is 2.76. The summed E-state index contributed by atoms with van der Waals surface area (Å²) in [4.78, 5) is 36.7. The van der Waals surface area contributed by atoms with Gasteiger partial charge in [0.2, 0.25) is 5.91 Å². The molecule has 21 heavy (non-hydrogen) atoms. The minimum absolute atomic E-state index is 0.0725. The molecule has 0 saturated carbocycles. The average molecular weight is 288 g/mol. The molecule has 0 bridgehead atoms. The maximum Gasteiger partial charge on any atom is 0.252 e. The van der Waals surface area contributed by atoms with Crippen molar-refractivity contribution < 1.29 is 14.4 Å². The number of carbonyl (C=O) groups excluding carboxylic acids is 3. The molecule has 1 fully saturated rings. The van der Waals surface area contributed by atoms with E-state index < -0.39 is 0 Å². The van der Waals surface area contributed by atoms with Crippen molar-refractivity contribution in [2.24, 2.45) is 0 Å². The Morgan fingerprint density at radius 3 is 2.62 bits per heavy atom. The normalized spacial score (nSPS) is 17.6. The Labute approximate surface area is 124 Å². The van der Waals surface area contributed by atoms with E-state index in [9.17, 15) is 14.4 Å². The Bertz CT molecular complexity index is 548. The number of aldehydes is 1. The summed E-state index contributed by atoms with van der Waals surface area (Å²) in [6.07, 6.45) is 2.35. The first-order valence-corrected chi connectivity index (χ1v) is 7.13. The zero-order valence-electron chi connectivity index (χ0n) is 12.4. The standard InChI is InChI=1S/C16H20N2O3/c1-11-5-3-6-12(2)15(11)16(21)17-9-14(20)18-8-4-7-13(18)10-19/h3,5-6,10,13H,4,7-9H2,1-2H3,(H,17,21)/t13-/m0/s1. The van der Waals surface area contributed by atoms with E-state index in [4.69, 9.17) is 0 Å². The van der Waals surface area contributed by atoms with Gasteiger partial charge in [-0.2, -0.15) is 0 Å². The van der Waals surface area contributed by atoms with Crippen molar-refractivity contribution >= 4 is 18.1 Å². The SMILES string of the molecule is Cc1cccc(C)c1C(=O)NCC(=O)N1CCC[C@H]1C=O. The zero-order valence-corrected chi connectivity index (χ0v) is 12.4. The van der Waals surface area contributed by atoms with Crippen molar-refractivity contribution in [2.75, 3.05) is 13.1 Å². The highest BCUT2D eigenvalue weighted by Crippen LogP contribution is 2.15. The largest absolute Gasteiger partial charge is 0.343 e. The number of carbonyl (C=O) groups is 3. The number of amides is 2. The summed E-state index contributed by atoms with van der Waals surface area (Å²) < 4.78 is 0. The predicted octanol–water partition coefficient (Wildman–Crippen LogP) is 1.22. The van der Waals surface area contributed by atoms with Crippen LogP contribution in [0.2, 0.25) is 0 Å². The maximum atomic E-state index is 12.2. The van der Waals surface area contributed by atoms with Gasteiger partial charge in [0.25, 0.3) is 5.91 Å². The van der Waals surface area contributed by atoms with Crippen LogP contribution in [0.4, 0.5) is 0 Å². The molecule has 1 aromatic carbocycles. The summed E-state index contributed by atoms with van der Waals surface area (Å²) in [7, 11) is 0. The lowest BCUT2D eigenvalue weighted by molar-refractivity contribution is -0.133. The van der Waals surface area contributed by atoms with E-state index in [0.29, 0.717) is 18.5 Å². The number of nitrogens with one attached hydrogen (secondary N) is 1. The van der Waals surface area contributed by atoms with Crippen LogP contribution in [0.3, 0.4) is 0 Å². The summed E-state index contributed by atoms with van der Waals surface area (Å²) in [6, 6.07) is 5.29. The van der Waals surface area contributed by atoms with E-state index in [1.807, 2.05) is 32.0 Å². The van der Waals surface area contributed by atoms with Crippen LogP contribution in [-0.4, -0.2) is 42.1 Å². The minimum atomic E-state index is -0.338. The highest BCUT2D eigenvalue weighted by Gasteiger charge is 2.28. The van der Waals surface area contributed by atoms with Gasteiger partial charge in [0.1, 0.15) is 6.29 Å². The molecule has 2 rings (SSSR count). The molecule has 0 radical (unpaired) electrons. The average Bonchev–Trinajstić information content (AvgIpc) is 2.93.